The predicted molar refractivity (Wildman–Crippen MR) is 127 cm³/mol. The molecule has 2 heterocycles. The molecule has 9 heteroatoms. The Labute approximate surface area is 192 Å². The average Bonchev–Trinajstić information content (AvgIpc) is 3.33. The fourth-order valence-electron chi connectivity index (χ4n) is 3.14. The third-order valence-corrected chi connectivity index (χ3v) is 6.55. The summed E-state index contributed by atoms with van der Waals surface area (Å²) in [5.41, 5.74) is 7.82. The molecular formula is C23H20N4O3S2. The van der Waals surface area contributed by atoms with Crippen molar-refractivity contribution < 1.29 is 9.59 Å². The molecule has 0 aliphatic carbocycles. The molecule has 2 N–H and O–H groups in total. The number of thiophene rings is 1. The van der Waals surface area contributed by atoms with Gasteiger partial charge in [0.25, 0.3) is 11.5 Å². The molecule has 0 saturated carbocycles. The third-order valence-electron chi connectivity index (χ3n) is 4.74. The van der Waals surface area contributed by atoms with E-state index in [1.165, 1.54) is 11.3 Å². The highest BCUT2D eigenvalue weighted by atomic mass is 32.2. The van der Waals surface area contributed by atoms with E-state index in [9.17, 15) is 14.4 Å². The van der Waals surface area contributed by atoms with Crippen LogP contribution >= 0.6 is 23.1 Å². The molecule has 0 fully saturated rings. The van der Waals surface area contributed by atoms with Gasteiger partial charge in [0, 0.05) is 0 Å². The molecule has 32 heavy (non-hydrogen) atoms. The predicted octanol–water partition coefficient (Wildman–Crippen LogP) is 3.62. The minimum absolute atomic E-state index is 0.0274. The van der Waals surface area contributed by atoms with Crippen LogP contribution in [0.5, 0.6) is 0 Å². The van der Waals surface area contributed by atoms with E-state index in [0.29, 0.717) is 20.9 Å². The number of aryl methyl sites for hydroxylation is 2. The number of carbonyl (C=O) groups excluding carboxylic acids is 2. The lowest BCUT2D eigenvalue weighted by Gasteiger charge is -2.15. The van der Waals surface area contributed by atoms with Gasteiger partial charge in [0.15, 0.2) is 5.16 Å². The molecule has 2 aromatic heterocycles. The van der Waals surface area contributed by atoms with Crippen molar-refractivity contribution in [1.29, 1.82) is 0 Å². The molecule has 0 aliphatic rings. The Kier molecular flexibility index (Phi) is 6.38. The number of nitrogens with one attached hydrogen (secondary N) is 2. The summed E-state index contributed by atoms with van der Waals surface area (Å²) in [6.07, 6.45) is 0. The van der Waals surface area contributed by atoms with Crippen LogP contribution in [-0.2, 0) is 4.79 Å². The van der Waals surface area contributed by atoms with Crippen molar-refractivity contribution in [2.75, 3.05) is 5.75 Å². The Hall–Kier alpha value is -3.43. The summed E-state index contributed by atoms with van der Waals surface area (Å²) in [5, 5.41) is 2.69. The van der Waals surface area contributed by atoms with Crippen LogP contribution in [0.25, 0.3) is 16.6 Å². The molecule has 0 aliphatic heterocycles. The molecule has 0 atom stereocenters. The van der Waals surface area contributed by atoms with Crippen LogP contribution in [0.15, 0.2) is 69.9 Å². The smallest absolute Gasteiger partial charge is 0.272 e. The van der Waals surface area contributed by atoms with Crippen molar-refractivity contribution in [2.24, 2.45) is 0 Å². The molecule has 162 valence electrons. The van der Waals surface area contributed by atoms with Gasteiger partial charge in [0.1, 0.15) is 0 Å². The van der Waals surface area contributed by atoms with Crippen LogP contribution in [0.1, 0.15) is 20.8 Å². The lowest BCUT2D eigenvalue weighted by molar-refractivity contribution is -0.119. The van der Waals surface area contributed by atoms with Crippen molar-refractivity contribution in [1.82, 2.24) is 20.4 Å². The zero-order valence-electron chi connectivity index (χ0n) is 17.4. The molecule has 4 rings (SSSR count). The van der Waals surface area contributed by atoms with Gasteiger partial charge >= 0.3 is 0 Å². The molecular weight excluding hydrogens is 444 g/mol. The molecule has 0 saturated heterocycles. The molecule has 7 nitrogen and oxygen atoms in total. The number of benzene rings is 2. The third kappa shape index (κ3) is 4.58. The van der Waals surface area contributed by atoms with Crippen LogP contribution in [0.3, 0.4) is 0 Å². The van der Waals surface area contributed by atoms with Gasteiger partial charge in [0.2, 0.25) is 5.91 Å². The van der Waals surface area contributed by atoms with Crippen molar-refractivity contribution >= 4 is 45.8 Å². The number of rotatable bonds is 5. The fraction of sp³-hybridized carbons (Fsp3) is 0.130. The Bertz CT molecular complexity index is 1360. The first-order valence-corrected chi connectivity index (χ1v) is 11.7. The molecule has 0 spiro atoms. The van der Waals surface area contributed by atoms with E-state index < -0.39 is 5.91 Å². The number of amides is 2. The second-order valence-electron chi connectivity index (χ2n) is 7.11. The summed E-state index contributed by atoms with van der Waals surface area (Å²) in [4.78, 5) is 42.9. The van der Waals surface area contributed by atoms with Crippen molar-refractivity contribution in [3.8, 4) is 5.69 Å². The fourth-order valence-corrected chi connectivity index (χ4v) is 4.57. The van der Waals surface area contributed by atoms with Crippen molar-refractivity contribution in [2.45, 2.75) is 19.0 Å². The van der Waals surface area contributed by atoms with Gasteiger partial charge in [-0.2, -0.15) is 0 Å². The van der Waals surface area contributed by atoms with Crippen LogP contribution in [0, 0.1) is 13.8 Å². The maximum atomic E-state index is 13.4. The van der Waals surface area contributed by atoms with Crippen molar-refractivity contribution in [3.05, 3.63) is 86.3 Å². The van der Waals surface area contributed by atoms with Crippen LogP contribution < -0.4 is 16.4 Å². The number of hydrazine groups is 1. The largest absolute Gasteiger partial charge is 0.279 e. The summed E-state index contributed by atoms with van der Waals surface area (Å²) in [6.45, 7) is 3.89. The van der Waals surface area contributed by atoms with Gasteiger partial charge in [0.05, 0.1) is 27.2 Å². The molecule has 4 aromatic rings. The maximum Gasteiger partial charge on any atom is 0.279 e. The minimum Gasteiger partial charge on any atom is -0.272 e. The molecule has 2 amide bonds. The first-order valence-electron chi connectivity index (χ1n) is 9.79. The van der Waals surface area contributed by atoms with E-state index in [4.69, 9.17) is 0 Å². The normalized spacial score (nSPS) is 10.8. The van der Waals surface area contributed by atoms with Crippen LogP contribution in [0.4, 0.5) is 0 Å². The Morgan fingerprint density at radius 3 is 2.66 bits per heavy atom. The van der Waals surface area contributed by atoms with E-state index in [1.54, 1.807) is 40.3 Å². The SMILES string of the molecule is Cc1ccc(C)c(-n2c(SCC(=O)NNC(=O)c3cccs3)nc3ccccc3c2=O)c1. The number of carbonyl (C=O) groups is 2. The summed E-state index contributed by atoms with van der Waals surface area (Å²) in [6, 6.07) is 16.4. The van der Waals surface area contributed by atoms with E-state index in [0.717, 1.165) is 28.6 Å². The monoisotopic (exact) mass is 464 g/mol. The van der Waals surface area contributed by atoms with Gasteiger partial charge in [-0.15, -0.1) is 11.3 Å². The Balaban J connectivity index is 1.61. The van der Waals surface area contributed by atoms with Gasteiger partial charge < -0.3 is 0 Å². The Morgan fingerprint density at radius 2 is 1.88 bits per heavy atom. The zero-order valence-corrected chi connectivity index (χ0v) is 19.0. The van der Waals surface area contributed by atoms with Gasteiger partial charge in [-0.05, 0) is 54.6 Å². The topological polar surface area (TPSA) is 93.1 Å². The van der Waals surface area contributed by atoms with E-state index in [1.807, 2.05) is 38.1 Å². The average molecular weight is 465 g/mol. The molecule has 0 radical (unpaired) electrons. The minimum atomic E-state index is -0.408. The highest BCUT2D eigenvalue weighted by Crippen LogP contribution is 2.23. The highest BCUT2D eigenvalue weighted by molar-refractivity contribution is 7.99. The zero-order chi connectivity index (χ0) is 22.7. The number of thioether (sulfide) groups is 1. The number of aromatic nitrogens is 2. The molecule has 0 bridgehead atoms. The highest BCUT2D eigenvalue weighted by Gasteiger charge is 2.17. The van der Waals surface area contributed by atoms with E-state index in [2.05, 4.69) is 15.8 Å². The number of fused-ring (bicyclic) bond motifs is 1. The summed E-state index contributed by atoms with van der Waals surface area (Å²) < 4.78 is 1.55. The molecule has 2 aromatic carbocycles. The summed E-state index contributed by atoms with van der Waals surface area (Å²) in [7, 11) is 0. The second-order valence-corrected chi connectivity index (χ2v) is 9.00. The van der Waals surface area contributed by atoms with Gasteiger partial charge in [-0.25, -0.2) is 4.98 Å². The number of para-hydroxylation sites is 1. The van der Waals surface area contributed by atoms with Crippen LogP contribution in [0.2, 0.25) is 0 Å². The van der Waals surface area contributed by atoms with Gasteiger partial charge in [-0.3, -0.25) is 29.8 Å². The first-order chi connectivity index (χ1) is 15.4. The maximum absolute atomic E-state index is 13.4. The Morgan fingerprint density at radius 1 is 1.06 bits per heavy atom. The van der Waals surface area contributed by atoms with E-state index >= 15 is 0 Å². The quantitative estimate of drug-likeness (QED) is 0.267. The van der Waals surface area contributed by atoms with E-state index in [-0.39, 0.29) is 17.2 Å². The number of nitrogens with zero attached hydrogens (tertiary/aromatic N) is 2. The van der Waals surface area contributed by atoms with Crippen molar-refractivity contribution in [3.63, 3.8) is 0 Å². The van der Waals surface area contributed by atoms with Gasteiger partial charge in [-0.1, -0.05) is 42.1 Å². The lowest BCUT2D eigenvalue weighted by Crippen LogP contribution is -2.42. The summed E-state index contributed by atoms with van der Waals surface area (Å²) >= 11 is 2.41. The standard InChI is InChI=1S/C23H20N4O3S2/c1-14-9-10-15(2)18(12-14)27-22(30)16-6-3-4-7-17(16)24-23(27)32-13-20(28)25-26-21(29)19-8-5-11-31-19/h3-12H,13H2,1-2H3,(H,25,28)(H,26,29). The summed E-state index contributed by atoms with van der Waals surface area (Å²) in [5.74, 6) is -0.815. The number of hydrogen-bond acceptors (Lipinski definition) is 6. The second kappa shape index (κ2) is 9.37. The lowest BCUT2D eigenvalue weighted by atomic mass is 10.1. The molecule has 0 unspecified atom stereocenters. The first kappa shape index (κ1) is 21.8. The number of hydrogen-bond donors (Lipinski definition) is 2. The van der Waals surface area contributed by atoms with Crippen LogP contribution in [-0.4, -0.2) is 27.1 Å².